The van der Waals surface area contributed by atoms with Crippen molar-refractivity contribution in [2.75, 3.05) is 26.8 Å². The van der Waals surface area contributed by atoms with Crippen LogP contribution in [-0.2, 0) is 16.0 Å². The van der Waals surface area contributed by atoms with E-state index in [1.54, 1.807) is 7.11 Å². The third-order valence-corrected chi connectivity index (χ3v) is 5.91. The molecule has 1 unspecified atom stereocenters. The maximum absolute atomic E-state index is 13.0. The van der Waals surface area contributed by atoms with Crippen LogP contribution in [0.3, 0.4) is 0 Å². The molecular formula is C25H30N2O3. The molecule has 1 aliphatic rings. The fourth-order valence-electron chi connectivity index (χ4n) is 4.39. The monoisotopic (exact) mass is 406 g/mol. The van der Waals surface area contributed by atoms with Gasteiger partial charge < -0.3 is 19.4 Å². The van der Waals surface area contributed by atoms with Gasteiger partial charge in [0, 0.05) is 42.7 Å². The Morgan fingerprint density at radius 3 is 2.73 bits per heavy atom. The smallest absolute Gasteiger partial charge is 0.222 e. The van der Waals surface area contributed by atoms with E-state index in [1.165, 1.54) is 10.9 Å². The Morgan fingerprint density at radius 1 is 1.17 bits per heavy atom. The lowest BCUT2D eigenvalue weighted by molar-refractivity contribution is -0.135. The van der Waals surface area contributed by atoms with Crippen molar-refractivity contribution in [2.24, 2.45) is 0 Å². The molecule has 5 heteroatoms. The molecule has 2 aromatic carbocycles. The Hall–Kier alpha value is -2.79. The number of hydrogen-bond acceptors (Lipinski definition) is 3. The summed E-state index contributed by atoms with van der Waals surface area (Å²) in [5, 5.41) is 1.18. The zero-order valence-corrected chi connectivity index (χ0v) is 17.8. The van der Waals surface area contributed by atoms with Crippen LogP contribution in [0.25, 0.3) is 22.2 Å². The van der Waals surface area contributed by atoms with Crippen molar-refractivity contribution in [3.63, 3.8) is 0 Å². The number of aromatic nitrogens is 1. The molecule has 1 N–H and O–H groups in total. The molecule has 158 valence electrons. The van der Waals surface area contributed by atoms with Gasteiger partial charge in [0.2, 0.25) is 5.91 Å². The minimum Gasteiger partial charge on any atom is -0.497 e. The summed E-state index contributed by atoms with van der Waals surface area (Å²) in [4.78, 5) is 18.5. The normalized spacial score (nSPS) is 16.7. The Kier molecular flexibility index (Phi) is 6.38. The van der Waals surface area contributed by atoms with E-state index in [1.807, 2.05) is 30.0 Å². The number of para-hydroxylation sites is 1. The van der Waals surface area contributed by atoms with Gasteiger partial charge in [0.25, 0.3) is 0 Å². The van der Waals surface area contributed by atoms with E-state index in [0.29, 0.717) is 26.0 Å². The summed E-state index contributed by atoms with van der Waals surface area (Å²) in [6.07, 6.45) is 3.45. The standard InChI is InChI=1S/C25H30N2O3/c1-3-30-20-7-6-16-27(17-20)24(28)15-14-22-21-8-4-5-9-23(21)26-25(22)18-10-12-19(29-2)13-11-18/h4-5,8-13,20,26H,3,6-7,14-17H2,1-2H3. The largest absolute Gasteiger partial charge is 0.497 e. The Morgan fingerprint density at radius 2 is 1.97 bits per heavy atom. The maximum Gasteiger partial charge on any atom is 0.222 e. The van der Waals surface area contributed by atoms with Crippen LogP contribution in [0.5, 0.6) is 5.75 Å². The van der Waals surface area contributed by atoms with Gasteiger partial charge >= 0.3 is 0 Å². The Balaban J connectivity index is 1.55. The SMILES string of the molecule is CCOC1CCCN(C(=O)CCc2c(-c3ccc(OC)cc3)[nH]c3ccccc23)C1. The number of amides is 1. The summed E-state index contributed by atoms with van der Waals surface area (Å²) >= 11 is 0. The lowest BCUT2D eigenvalue weighted by Gasteiger charge is -2.32. The third kappa shape index (κ3) is 4.36. The van der Waals surface area contributed by atoms with E-state index in [2.05, 4.69) is 35.3 Å². The number of ether oxygens (including phenoxy) is 2. The van der Waals surface area contributed by atoms with Crippen molar-refractivity contribution in [3.05, 3.63) is 54.1 Å². The molecular weight excluding hydrogens is 376 g/mol. The number of fused-ring (bicyclic) bond motifs is 1. The molecule has 1 saturated heterocycles. The molecule has 0 spiro atoms. The number of aryl methyl sites for hydroxylation is 1. The van der Waals surface area contributed by atoms with Crippen LogP contribution in [0.4, 0.5) is 0 Å². The molecule has 1 amide bonds. The van der Waals surface area contributed by atoms with Crippen molar-refractivity contribution in [3.8, 4) is 17.0 Å². The summed E-state index contributed by atoms with van der Waals surface area (Å²) in [7, 11) is 1.67. The van der Waals surface area contributed by atoms with Crippen molar-refractivity contribution in [2.45, 2.75) is 38.7 Å². The average Bonchev–Trinajstić information content (AvgIpc) is 3.16. The molecule has 0 saturated carbocycles. The number of likely N-dealkylation sites (tertiary alicyclic amines) is 1. The molecule has 1 fully saturated rings. The first kappa shape index (κ1) is 20.5. The first-order valence-electron chi connectivity index (χ1n) is 10.8. The van der Waals surface area contributed by atoms with Crippen LogP contribution in [0.15, 0.2) is 48.5 Å². The number of rotatable bonds is 7. The minimum absolute atomic E-state index is 0.177. The highest BCUT2D eigenvalue weighted by molar-refractivity contribution is 5.91. The first-order valence-corrected chi connectivity index (χ1v) is 10.8. The van der Waals surface area contributed by atoms with Crippen LogP contribution in [0.2, 0.25) is 0 Å². The van der Waals surface area contributed by atoms with Crippen LogP contribution >= 0.6 is 0 Å². The zero-order valence-electron chi connectivity index (χ0n) is 17.8. The van der Waals surface area contributed by atoms with Crippen LogP contribution in [-0.4, -0.2) is 48.7 Å². The van der Waals surface area contributed by atoms with E-state index in [4.69, 9.17) is 9.47 Å². The molecule has 4 rings (SSSR count). The molecule has 0 aliphatic carbocycles. The number of H-pyrrole nitrogens is 1. The van der Waals surface area contributed by atoms with Crippen LogP contribution < -0.4 is 4.74 Å². The molecule has 3 aromatic rings. The topological polar surface area (TPSA) is 54.6 Å². The number of carbonyl (C=O) groups excluding carboxylic acids is 1. The summed E-state index contributed by atoms with van der Waals surface area (Å²) in [6.45, 7) is 4.26. The van der Waals surface area contributed by atoms with Gasteiger partial charge in [-0.3, -0.25) is 4.79 Å². The van der Waals surface area contributed by atoms with Gasteiger partial charge in [-0.25, -0.2) is 0 Å². The molecule has 30 heavy (non-hydrogen) atoms. The van der Waals surface area contributed by atoms with Gasteiger partial charge in [-0.1, -0.05) is 18.2 Å². The lowest BCUT2D eigenvalue weighted by Crippen LogP contribution is -2.43. The average molecular weight is 407 g/mol. The predicted molar refractivity (Wildman–Crippen MR) is 120 cm³/mol. The number of benzene rings is 2. The fraction of sp³-hybridized carbons (Fsp3) is 0.400. The number of nitrogens with one attached hydrogen (secondary N) is 1. The molecule has 2 heterocycles. The van der Waals surface area contributed by atoms with Crippen molar-refractivity contribution < 1.29 is 14.3 Å². The zero-order chi connectivity index (χ0) is 20.9. The summed E-state index contributed by atoms with van der Waals surface area (Å²) < 4.78 is 11.1. The second-order valence-electron chi connectivity index (χ2n) is 7.81. The predicted octanol–water partition coefficient (Wildman–Crippen LogP) is 4.80. The van der Waals surface area contributed by atoms with Crippen LogP contribution in [0.1, 0.15) is 31.7 Å². The summed E-state index contributed by atoms with van der Waals surface area (Å²) in [5.41, 5.74) is 4.48. The Labute approximate surface area is 178 Å². The molecule has 1 aliphatic heterocycles. The highest BCUT2D eigenvalue weighted by Gasteiger charge is 2.24. The van der Waals surface area contributed by atoms with Gasteiger partial charge in [0.15, 0.2) is 0 Å². The number of carbonyl (C=O) groups is 1. The number of aromatic amines is 1. The molecule has 1 atom stereocenters. The van der Waals surface area contributed by atoms with Crippen LogP contribution in [0, 0.1) is 0 Å². The van der Waals surface area contributed by atoms with E-state index >= 15 is 0 Å². The van der Waals surface area contributed by atoms with E-state index in [-0.39, 0.29) is 12.0 Å². The van der Waals surface area contributed by atoms with Gasteiger partial charge in [-0.15, -0.1) is 0 Å². The van der Waals surface area contributed by atoms with Gasteiger partial charge in [-0.05, 0) is 67.6 Å². The highest BCUT2D eigenvalue weighted by atomic mass is 16.5. The van der Waals surface area contributed by atoms with E-state index in [0.717, 1.165) is 41.9 Å². The molecule has 0 radical (unpaired) electrons. The fourth-order valence-corrected chi connectivity index (χ4v) is 4.39. The molecule has 1 aromatic heterocycles. The van der Waals surface area contributed by atoms with Crippen molar-refractivity contribution in [1.82, 2.24) is 9.88 Å². The maximum atomic E-state index is 13.0. The van der Waals surface area contributed by atoms with Gasteiger partial charge in [0.05, 0.1) is 13.2 Å². The van der Waals surface area contributed by atoms with E-state index in [9.17, 15) is 4.79 Å². The number of nitrogens with zero attached hydrogens (tertiary/aromatic N) is 1. The highest BCUT2D eigenvalue weighted by Crippen LogP contribution is 2.32. The van der Waals surface area contributed by atoms with Crippen molar-refractivity contribution >= 4 is 16.8 Å². The van der Waals surface area contributed by atoms with Gasteiger partial charge in [0.1, 0.15) is 5.75 Å². The van der Waals surface area contributed by atoms with Crippen molar-refractivity contribution in [1.29, 1.82) is 0 Å². The summed E-state index contributed by atoms with van der Waals surface area (Å²) in [6, 6.07) is 16.4. The number of piperidine rings is 1. The quantitative estimate of drug-likeness (QED) is 0.613. The van der Waals surface area contributed by atoms with Gasteiger partial charge in [-0.2, -0.15) is 0 Å². The first-order chi connectivity index (χ1) is 14.7. The second kappa shape index (κ2) is 9.35. The molecule has 5 nitrogen and oxygen atoms in total. The summed E-state index contributed by atoms with van der Waals surface area (Å²) in [5.74, 6) is 1.05. The minimum atomic E-state index is 0.177. The second-order valence-corrected chi connectivity index (χ2v) is 7.81. The number of hydrogen-bond donors (Lipinski definition) is 1. The lowest BCUT2D eigenvalue weighted by atomic mass is 10.00. The number of methoxy groups -OCH3 is 1. The molecule has 0 bridgehead atoms. The van der Waals surface area contributed by atoms with E-state index < -0.39 is 0 Å². The third-order valence-electron chi connectivity index (χ3n) is 5.91. The Bertz CT molecular complexity index is 991.